The number of aromatic nitrogens is 1. The Morgan fingerprint density at radius 3 is 1.59 bits per heavy atom. The average molecular weight is 651 g/mol. The van der Waals surface area contributed by atoms with Crippen LogP contribution in [-0.4, -0.2) is 4.57 Å². The molecule has 240 valence electrons. The van der Waals surface area contributed by atoms with Gasteiger partial charge >= 0.3 is 0 Å². The molecule has 0 amide bonds. The van der Waals surface area contributed by atoms with E-state index in [-0.39, 0.29) is 0 Å². The predicted molar refractivity (Wildman–Crippen MR) is 218 cm³/mol. The van der Waals surface area contributed by atoms with E-state index in [1.807, 2.05) is 0 Å². The van der Waals surface area contributed by atoms with Crippen LogP contribution in [0.25, 0.3) is 76.4 Å². The first kappa shape index (κ1) is 29.3. The van der Waals surface area contributed by atoms with E-state index in [1.54, 1.807) is 0 Å². The van der Waals surface area contributed by atoms with Gasteiger partial charge in [-0.05, 0) is 97.7 Å². The van der Waals surface area contributed by atoms with E-state index in [4.69, 9.17) is 0 Å². The van der Waals surface area contributed by atoms with Gasteiger partial charge in [0.05, 0.1) is 5.52 Å². The van der Waals surface area contributed by atoms with Crippen molar-refractivity contribution < 1.29 is 0 Å². The molecule has 9 aromatic carbocycles. The number of para-hydroxylation sites is 1. The molecule has 0 N–H and O–H groups in total. The lowest BCUT2D eigenvalue weighted by molar-refractivity contribution is 1.02. The smallest absolute Gasteiger partial charge is 0.0574 e. The molecule has 0 atom stereocenters. The fourth-order valence-corrected chi connectivity index (χ4v) is 8.07. The van der Waals surface area contributed by atoms with Crippen molar-refractivity contribution in [1.82, 2.24) is 4.57 Å². The van der Waals surface area contributed by atoms with E-state index in [0.29, 0.717) is 0 Å². The fraction of sp³-hybridized carbons (Fsp3) is 0.0204. The van der Waals surface area contributed by atoms with Gasteiger partial charge in [-0.1, -0.05) is 140 Å². The Morgan fingerprint density at radius 1 is 0.353 bits per heavy atom. The third kappa shape index (κ3) is 4.80. The molecule has 0 aliphatic heterocycles. The Balaban J connectivity index is 1.01. The van der Waals surface area contributed by atoms with Gasteiger partial charge in [0.2, 0.25) is 0 Å². The first-order valence-electron chi connectivity index (χ1n) is 17.6. The lowest BCUT2D eigenvalue weighted by Crippen LogP contribution is -2.09. The standard InChI is InChI=1S/C49H34N2/c1-50-47-30-26-38(32-46(47)48-44-17-9-7-15-42(44)43-16-8-10-18-45(43)49(48)50)36-21-19-34(20-22-36)35-23-27-40(28-24-35)51(39-13-3-2-4-14-39)41-29-25-33-11-5-6-12-37(33)31-41/h2-32H,1H3. The molecule has 0 spiro atoms. The molecule has 51 heavy (non-hydrogen) atoms. The second-order valence-electron chi connectivity index (χ2n) is 13.4. The molecular formula is C49H34N2. The van der Waals surface area contributed by atoms with Gasteiger partial charge in [-0.3, -0.25) is 0 Å². The average Bonchev–Trinajstić information content (AvgIpc) is 3.50. The maximum absolute atomic E-state index is 2.38. The van der Waals surface area contributed by atoms with Gasteiger partial charge in [0.15, 0.2) is 0 Å². The van der Waals surface area contributed by atoms with Crippen LogP contribution in [0.3, 0.4) is 0 Å². The topological polar surface area (TPSA) is 8.17 Å². The second-order valence-corrected chi connectivity index (χ2v) is 13.4. The summed E-state index contributed by atoms with van der Waals surface area (Å²) in [5.74, 6) is 0. The lowest BCUT2D eigenvalue weighted by atomic mass is 9.95. The number of fused-ring (bicyclic) bond motifs is 9. The molecule has 2 nitrogen and oxygen atoms in total. The van der Waals surface area contributed by atoms with E-state index < -0.39 is 0 Å². The Labute approximate surface area is 297 Å². The van der Waals surface area contributed by atoms with Crippen LogP contribution in [0.2, 0.25) is 0 Å². The maximum Gasteiger partial charge on any atom is 0.0574 e. The number of rotatable bonds is 5. The molecule has 0 aliphatic carbocycles. The van der Waals surface area contributed by atoms with Crippen LogP contribution in [0.1, 0.15) is 0 Å². The molecule has 10 rings (SSSR count). The zero-order valence-electron chi connectivity index (χ0n) is 28.3. The quantitative estimate of drug-likeness (QED) is 0.168. The summed E-state index contributed by atoms with van der Waals surface area (Å²) in [6, 6.07) is 68.4. The Morgan fingerprint density at radius 2 is 0.863 bits per heavy atom. The fourth-order valence-electron chi connectivity index (χ4n) is 8.07. The maximum atomic E-state index is 2.38. The summed E-state index contributed by atoms with van der Waals surface area (Å²) in [6.07, 6.45) is 0. The van der Waals surface area contributed by atoms with Gasteiger partial charge < -0.3 is 9.47 Å². The van der Waals surface area contributed by atoms with E-state index in [0.717, 1.165) is 17.1 Å². The molecule has 0 unspecified atom stereocenters. The van der Waals surface area contributed by atoms with Crippen molar-refractivity contribution in [2.24, 2.45) is 7.05 Å². The Hall–Kier alpha value is -6.64. The SMILES string of the molecule is Cn1c2ccc(-c3ccc(-c4ccc(N(c5ccccc5)c5ccc6ccccc6c5)cc4)cc3)cc2c2c3ccccc3c3ccccc3c21. The summed E-state index contributed by atoms with van der Waals surface area (Å²) in [5.41, 5.74) is 10.8. The third-order valence-corrected chi connectivity index (χ3v) is 10.6. The summed E-state index contributed by atoms with van der Waals surface area (Å²) in [4.78, 5) is 2.33. The molecule has 0 aliphatic rings. The van der Waals surface area contributed by atoms with Crippen LogP contribution in [-0.2, 0) is 7.05 Å². The highest BCUT2D eigenvalue weighted by Gasteiger charge is 2.17. The normalized spacial score (nSPS) is 11.6. The molecule has 2 heteroatoms. The summed E-state index contributed by atoms with van der Waals surface area (Å²) in [6.45, 7) is 0. The number of aryl methyl sites for hydroxylation is 1. The molecule has 1 aromatic heterocycles. The monoisotopic (exact) mass is 650 g/mol. The van der Waals surface area contributed by atoms with Crippen LogP contribution >= 0.6 is 0 Å². The highest BCUT2D eigenvalue weighted by atomic mass is 15.1. The number of hydrogen-bond acceptors (Lipinski definition) is 1. The van der Waals surface area contributed by atoms with Crippen LogP contribution < -0.4 is 4.90 Å². The van der Waals surface area contributed by atoms with Gasteiger partial charge in [-0.15, -0.1) is 0 Å². The molecule has 0 saturated carbocycles. The van der Waals surface area contributed by atoms with Crippen molar-refractivity contribution in [2.75, 3.05) is 4.90 Å². The molecule has 0 radical (unpaired) electrons. The van der Waals surface area contributed by atoms with Crippen molar-refractivity contribution in [2.45, 2.75) is 0 Å². The number of hydrogen-bond donors (Lipinski definition) is 0. The molecule has 10 aromatic rings. The van der Waals surface area contributed by atoms with Gasteiger partial charge in [0, 0.05) is 45.8 Å². The molecule has 0 saturated heterocycles. The largest absolute Gasteiger partial charge is 0.343 e. The molecule has 1 heterocycles. The highest BCUT2D eigenvalue weighted by Crippen LogP contribution is 2.42. The van der Waals surface area contributed by atoms with E-state index in [9.17, 15) is 0 Å². The van der Waals surface area contributed by atoms with Gasteiger partial charge in [-0.25, -0.2) is 0 Å². The summed E-state index contributed by atoms with van der Waals surface area (Å²) < 4.78 is 2.37. The Bertz CT molecular complexity index is 2900. The number of nitrogens with zero attached hydrogens (tertiary/aromatic N) is 2. The first-order chi connectivity index (χ1) is 25.2. The summed E-state index contributed by atoms with van der Waals surface area (Å²) in [7, 11) is 2.20. The molecule has 0 bridgehead atoms. The van der Waals surface area contributed by atoms with Crippen LogP contribution in [0.4, 0.5) is 17.1 Å². The minimum Gasteiger partial charge on any atom is -0.343 e. The minimum atomic E-state index is 1.13. The molecular weight excluding hydrogens is 617 g/mol. The lowest BCUT2D eigenvalue weighted by Gasteiger charge is -2.26. The second kappa shape index (κ2) is 11.8. The van der Waals surface area contributed by atoms with E-state index in [1.165, 1.54) is 76.4 Å². The number of anilines is 3. The number of benzene rings is 9. The first-order valence-corrected chi connectivity index (χ1v) is 17.6. The predicted octanol–water partition coefficient (Wildman–Crippen LogP) is 13.6. The van der Waals surface area contributed by atoms with Crippen LogP contribution in [0, 0.1) is 0 Å². The van der Waals surface area contributed by atoms with Crippen molar-refractivity contribution in [1.29, 1.82) is 0 Å². The summed E-state index contributed by atoms with van der Waals surface area (Å²) in [5, 5.41) is 10.3. The summed E-state index contributed by atoms with van der Waals surface area (Å²) >= 11 is 0. The highest BCUT2D eigenvalue weighted by molar-refractivity contribution is 6.31. The zero-order valence-corrected chi connectivity index (χ0v) is 28.3. The van der Waals surface area contributed by atoms with E-state index in [2.05, 4.69) is 205 Å². The van der Waals surface area contributed by atoms with Gasteiger partial charge in [-0.2, -0.15) is 0 Å². The molecule has 0 fully saturated rings. The van der Waals surface area contributed by atoms with Crippen molar-refractivity contribution >= 4 is 71.2 Å². The third-order valence-electron chi connectivity index (χ3n) is 10.6. The van der Waals surface area contributed by atoms with Crippen LogP contribution in [0.15, 0.2) is 188 Å². The zero-order chi connectivity index (χ0) is 33.9. The Kier molecular flexibility index (Phi) is 6.75. The van der Waals surface area contributed by atoms with Crippen molar-refractivity contribution in [3.63, 3.8) is 0 Å². The van der Waals surface area contributed by atoms with Gasteiger partial charge in [0.1, 0.15) is 0 Å². The minimum absolute atomic E-state index is 1.13. The van der Waals surface area contributed by atoms with Crippen LogP contribution in [0.5, 0.6) is 0 Å². The van der Waals surface area contributed by atoms with Gasteiger partial charge in [0.25, 0.3) is 0 Å². The van der Waals surface area contributed by atoms with Crippen molar-refractivity contribution in [3.05, 3.63) is 188 Å². The van der Waals surface area contributed by atoms with Crippen molar-refractivity contribution in [3.8, 4) is 22.3 Å². The van der Waals surface area contributed by atoms with E-state index >= 15 is 0 Å².